The molecule has 0 saturated heterocycles. The molecule has 0 spiro atoms. The first-order valence-corrected chi connectivity index (χ1v) is 8.16. The molecule has 0 bridgehead atoms. The summed E-state index contributed by atoms with van der Waals surface area (Å²) in [5.74, 6) is 1.38. The molecule has 1 fully saturated rings. The molecule has 0 aromatic heterocycles. The van der Waals surface area contributed by atoms with Gasteiger partial charge in [-0.25, -0.2) is 0 Å². The minimum Gasteiger partial charge on any atom is -0.393 e. The molecule has 0 radical (unpaired) electrons. The van der Waals surface area contributed by atoms with E-state index in [2.05, 4.69) is 20.8 Å². The fourth-order valence-electron chi connectivity index (χ4n) is 3.17. The van der Waals surface area contributed by atoms with Crippen LogP contribution < -0.4 is 0 Å². The van der Waals surface area contributed by atoms with E-state index >= 15 is 0 Å². The maximum atomic E-state index is 10.4. The van der Waals surface area contributed by atoms with Crippen LogP contribution in [0, 0.1) is 17.3 Å². The maximum Gasteiger partial charge on any atom is 0.0568 e. The SMILES string of the molecule is CC1CCC([C@@H](O)CCC(C)(C)CC[C@H](C)O)CC1. The van der Waals surface area contributed by atoms with Crippen LogP contribution in [-0.2, 0) is 0 Å². The Hall–Kier alpha value is -0.0800. The largest absolute Gasteiger partial charge is 0.393 e. The average Bonchev–Trinajstić information content (AvgIpc) is 2.35. The van der Waals surface area contributed by atoms with Crippen molar-refractivity contribution < 1.29 is 10.2 Å². The van der Waals surface area contributed by atoms with E-state index < -0.39 is 0 Å². The zero-order chi connectivity index (χ0) is 14.5. The van der Waals surface area contributed by atoms with Crippen molar-refractivity contribution >= 4 is 0 Å². The van der Waals surface area contributed by atoms with E-state index in [0.29, 0.717) is 5.92 Å². The quantitative estimate of drug-likeness (QED) is 0.730. The molecule has 2 N–H and O–H groups in total. The second kappa shape index (κ2) is 7.64. The van der Waals surface area contributed by atoms with E-state index in [4.69, 9.17) is 0 Å². The standard InChI is InChI=1S/C17H34O2/c1-13-5-7-15(8-6-13)16(19)10-12-17(3,4)11-9-14(2)18/h13-16,18-19H,5-12H2,1-4H3/t13?,14-,15?,16-/m0/s1. The summed E-state index contributed by atoms with van der Waals surface area (Å²) in [5, 5.41) is 19.7. The summed E-state index contributed by atoms with van der Waals surface area (Å²) in [6.07, 6.45) is 8.55. The van der Waals surface area contributed by atoms with Gasteiger partial charge in [0.1, 0.15) is 0 Å². The summed E-state index contributed by atoms with van der Waals surface area (Å²) in [5.41, 5.74) is 0.236. The highest BCUT2D eigenvalue weighted by molar-refractivity contribution is 4.78. The van der Waals surface area contributed by atoms with Crippen LogP contribution in [0.5, 0.6) is 0 Å². The van der Waals surface area contributed by atoms with Crippen LogP contribution in [0.2, 0.25) is 0 Å². The Kier molecular flexibility index (Phi) is 6.82. The second-order valence-electron chi connectivity index (χ2n) is 7.68. The first-order valence-electron chi connectivity index (χ1n) is 8.16. The topological polar surface area (TPSA) is 40.5 Å². The van der Waals surface area contributed by atoms with Gasteiger partial charge < -0.3 is 10.2 Å². The van der Waals surface area contributed by atoms with Gasteiger partial charge >= 0.3 is 0 Å². The Labute approximate surface area is 119 Å². The summed E-state index contributed by atoms with van der Waals surface area (Å²) >= 11 is 0. The van der Waals surface area contributed by atoms with E-state index in [1.807, 2.05) is 6.92 Å². The van der Waals surface area contributed by atoms with Crippen LogP contribution in [-0.4, -0.2) is 22.4 Å². The van der Waals surface area contributed by atoms with Gasteiger partial charge in [-0.3, -0.25) is 0 Å². The van der Waals surface area contributed by atoms with Crippen molar-refractivity contribution in [1.29, 1.82) is 0 Å². The van der Waals surface area contributed by atoms with E-state index in [0.717, 1.165) is 31.6 Å². The van der Waals surface area contributed by atoms with Crippen LogP contribution in [0.3, 0.4) is 0 Å². The smallest absolute Gasteiger partial charge is 0.0568 e. The van der Waals surface area contributed by atoms with Gasteiger partial charge in [0.05, 0.1) is 12.2 Å². The molecule has 1 saturated carbocycles. The molecular weight excluding hydrogens is 236 g/mol. The lowest BCUT2D eigenvalue weighted by molar-refractivity contribution is 0.0550. The van der Waals surface area contributed by atoms with Crippen LogP contribution in [0.25, 0.3) is 0 Å². The van der Waals surface area contributed by atoms with E-state index in [1.165, 1.54) is 25.7 Å². The predicted molar refractivity (Wildman–Crippen MR) is 81.1 cm³/mol. The highest BCUT2D eigenvalue weighted by Crippen LogP contribution is 2.35. The molecule has 2 heteroatoms. The normalized spacial score (nSPS) is 28.1. The minimum absolute atomic E-state index is 0.113. The summed E-state index contributed by atoms with van der Waals surface area (Å²) in [6.45, 7) is 8.69. The van der Waals surface area contributed by atoms with E-state index in [-0.39, 0.29) is 17.6 Å². The zero-order valence-corrected chi connectivity index (χ0v) is 13.4. The van der Waals surface area contributed by atoms with Gasteiger partial charge in [-0.2, -0.15) is 0 Å². The van der Waals surface area contributed by atoms with Gasteiger partial charge in [-0.15, -0.1) is 0 Å². The molecule has 1 rings (SSSR count). The molecule has 0 aromatic carbocycles. The van der Waals surface area contributed by atoms with Gasteiger partial charge in [0, 0.05) is 0 Å². The lowest BCUT2D eigenvalue weighted by atomic mass is 9.76. The first kappa shape index (κ1) is 17.0. The van der Waals surface area contributed by atoms with Crippen molar-refractivity contribution in [3.63, 3.8) is 0 Å². The monoisotopic (exact) mass is 270 g/mol. The molecule has 0 unspecified atom stereocenters. The zero-order valence-electron chi connectivity index (χ0n) is 13.4. The van der Waals surface area contributed by atoms with Crippen molar-refractivity contribution in [2.24, 2.45) is 17.3 Å². The molecule has 0 aromatic rings. The third-order valence-electron chi connectivity index (χ3n) is 4.96. The van der Waals surface area contributed by atoms with Gasteiger partial charge in [-0.05, 0) is 62.7 Å². The third kappa shape index (κ3) is 6.76. The number of aliphatic hydroxyl groups excluding tert-OH is 2. The van der Waals surface area contributed by atoms with Gasteiger partial charge in [-0.1, -0.05) is 33.6 Å². The van der Waals surface area contributed by atoms with Crippen molar-refractivity contribution in [3.8, 4) is 0 Å². The average molecular weight is 270 g/mol. The summed E-state index contributed by atoms with van der Waals surface area (Å²) < 4.78 is 0. The van der Waals surface area contributed by atoms with Crippen LogP contribution >= 0.6 is 0 Å². The predicted octanol–water partition coefficient (Wildman–Crippen LogP) is 4.14. The molecule has 1 aliphatic rings. The van der Waals surface area contributed by atoms with Crippen LogP contribution in [0.4, 0.5) is 0 Å². The summed E-state index contributed by atoms with van der Waals surface area (Å²) in [6, 6.07) is 0. The second-order valence-corrected chi connectivity index (χ2v) is 7.68. The van der Waals surface area contributed by atoms with Crippen molar-refractivity contribution in [2.75, 3.05) is 0 Å². The fraction of sp³-hybridized carbons (Fsp3) is 1.00. The van der Waals surface area contributed by atoms with Gasteiger partial charge in [0.15, 0.2) is 0 Å². The molecule has 0 aliphatic heterocycles. The van der Waals surface area contributed by atoms with Gasteiger partial charge in [0.2, 0.25) is 0 Å². The summed E-state index contributed by atoms with van der Waals surface area (Å²) in [4.78, 5) is 0. The Balaban J connectivity index is 2.26. The fourth-order valence-corrected chi connectivity index (χ4v) is 3.17. The summed E-state index contributed by atoms with van der Waals surface area (Å²) in [7, 11) is 0. The molecule has 1 aliphatic carbocycles. The molecule has 114 valence electrons. The van der Waals surface area contributed by atoms with E-state index in [9.17, 15) is 10.2 Å². The maximum absolute atomic E-state index is 10.4. The molecule has 0 amide bonds. The van der Waals surface area contributed by atoms with Crippen LogP contribution in [0.15, 0.2) is 0 Å². The Morgan fingerprint density at radius 3 is 2.05 bits per heavy atom. The van der Waals surface area contributed by atoms with Crippen molar-refractivity contribution in [2.45, 2.75) is 91.3 Å². The lowest BCUT2D eigenvalue weighted by Gasteiger charge is -2.32. The highest BCUT2D eigenvalue weighted by atomic mass is 16.3. The van der Waals surface area contributed by atoms with Crippen molar-refractivity contribution in [1.82, 2.24) is 0 Å². The molecule has 0 heterocycles. The molecule has 19 heavy (non-hydrogen) atoms. The highest BCUT2D eigenvalue weighted by Gasteiger charge is 2.27. The third-order valence-corrected chi connectivity index (χ3v) is 4.96. The minimum atomic E-state index is -0.205. The molecule has 2 atom stereocenters. The Morgan fingerprint density at radius 2 is 1.53 bits per heavy atom. The lowest BCUT2D eigenvalue weighted by Crippen LogP contribution is -2.27. The molecular formula is C17H34O2. The van der Waals surface area contributed by atoms with Crippen molar-refractivity contribution in [3.05, 3.63) is 0 Å². The van der Waals surface area contributed by atoms with Crippen LogP contribution in [0.1, 0.15) is 79.1 Å². The van der Waals surface area contributed by atoms with Gasteiger partial charge in [0.25, 0.3) is 0 Å². The first-order chi connectivity index (χ1) is 8.80. The molecule has 2 nitrogen and oxygen atoms in total. The number of aliphatic hydroxyl groups is 2. The number of rotatable bonds is 7. The Morgan fingerprint density at radius 1 is 1.00 bits per heavy atom. The van der Waals surface area contributed by atoms with E-state index in [1.54, 1.807) is 0 Å². The Bertz CT molecular complexity index is 240. The number of hydrogen-bond donors (Lipinski definition) is 2. The number of hydrogen-bond acceptors (Lipinski definition) is 2.